The Kier molecular flexibility index (Phi) is 6.96. The van der Waals surface area contributed by atoms with E-state index in [1.807, 2.05) is 7.05 Å². The number of aliphatic imine (C=N–C) groups is 1. The zero-order valence-electron chi connectivity index (χ0n) is 16.3. The molecule has 0 aliphatic carbocycles. The van der Waals surface area contributed by atoms with Crippen LogP contribution < -0.4 is 5.32 Å². The van der Waals surface area contributed by atoms with Crippen LogP contribution in [0.3, 0.4) is 0 Å². The predicted octanol–water partition coefficient (Wildman–Crippen LogP) is 1.09. The minimum atomic E-state index is 0.401. The van der Waals surface area contributed by atoms with Crippen molar-refractivity contribution in [2.24, 2.45) is 10.4 Å². The smallest absolute Gasteiger partial charge is 0.193 e. The Labute approximate surface area is 153 Å². The lowest BCUT2D eigenvalue weighted by Crippen LogP contribution is -2.46. The molecule has 3 rings (SSSR count). The van der Waals surface area contributed by atoms with Crippen LogP contribution in [0.15, 0.2) is 4.99 Å². The molecule has 1 spiro atoms. The number of likely N-dealkylation sites (N-methyl/N-ethyl adjacent to an activating group) is 1. The monoisotopic (exact) mass is 351 g/mol. The number of ether oxygens (including phenoxy) is 1. The summed E-state index contributed by atoms with van der Waals surface area (Å²) in [6, 6.07) is 0. The molecule has 6 heteroatoms. The Hall–Kier alpha value is -0.850. The van der Waals surface area contributed by atoms with Crippen molar-refractivity contribution >= 4 is 5.96 Å². The van der Waals surface area contributed by atoms with Gasteiger partial charge >= 0.3 is 0 Å². The number of nitrogens with one attached hydrogen (secondary N) is 1. The van der Waals surface area contributed by atoms with Crippen LogP contribution in [-0.2, 0) is 4.74 Å². The molecular weight excluding hydrogens is 314 g/mol. The van der Waals surface area contributed by atoms with E-state index in [0.717, 1.165) is 38.8 Å². The summed E-state index contributed by atoms with van der Waals surface area (Å²) < 4.78 is 5.63. The fraction of sp³-hybridized carbons (Fsp3) is 0.947. The van der Waals surface area contributed by atoms with E-state index in [9.17, 15) is 0 Å². The maximum absolute atomic E-state index is 5.63. The Balaban J connectivity index is 1.29. The van der Waals surface area contributed by atoms with E-state index < -0.39 is 0 Å². The summed E-state index contributed by atoms with van der Waals surface area (Å²) in [4.78, 5) is 12.1. The molecule has 3 saturated heterocycles. The minimum Gasteiger partial charge on any atom is -0.381 e. The molecule has 3 fully saturated rings. The summed E-state index contributed by atoms with van der Waals surface area (Å²) in [5.41, 5.74) is 0.401. The van der Waals surface area contributed by atoms with Gasteiger partial charge in [0, 0.05) is 64.9 Å². The summed E-state index contributed by atoms with van der Waals surface area (Å²) in [6.07, 6.45) is 4.95. The van der Waals surface area contributed by atoms with Gasteiger partial charge in [-0.2, -0.15) is 0 Å². The van der Waals surface area contributed by atoms with Gasteiger partial charge in [-0.1, -0.05) is 6.92 Å². The number of guanidine groups is 1. The van der Waals surface area contributed by atoms with Gasteiger partial charge in [0.1, 0.15) is 0 Å². The quantitative estimate of drug-likeness (QED) is 0.441. The van der Waals surface area contributed by atoms with E-state index in [-0.39, 0.29) is 0 Å². The second kappa shape index (κ2) is 9.19. The molecule has 0 aromatic carbocycles. The van der Waals surface area contributed by atoms with Gasteiger partial charge in [-0.15, -0.1) is 0 Å². The third kappa shape index (κ3) is 5.08. The molecule has 1 atom stereocenters. The molecule has 0 saturated carbocycles. The first-order chi connectivity index (χ1) is 12.2. The highest BCUT2D eigenvalue weighted by Gasteiger charge is 2.42. The number of rotatable bonds is 6. The highest BCUT2D eigenvalue weighted by atomic mass is 16.5. The van der Waals surface area contributed by atoms with Crippen LogP contribution in [0.2, 0.25) is 0 Å². The molecule has 3 aliphatic rings. The van der Waals surface area contributed by atoms with Gasteiger partial charge in [0.15, 0.2) is 5.96 Å². The Morgan fingerprint density at radius 1 is 1.08 bits per heavy atom. The van der Waals surface area contributed by atoms with Crippen LogP contribution in [0, 0.1) is 5.41 Å². The van der Waals surface area contributed by atoms with Crippen molar-refractivity contribution in [2.45, 2.75) is 32.6 Å². The topological polar surface area (TPSA) is 43.3 Å². The fourth-order valence-electron chi connectivity index (χ4n) is 4.41. The van der Waals surface area contributed by atoms with E-state index in [1.54, 1.807) is 0 Å². The number of hydrogen-bond donors (Lipinski definition) is 1. The summed E-state index contributed by atoms with van der Waals surface area (Å²) in [7, 11) is 1.91. The number of hydrogen-bond acceptors (Lipinski definition) is 4. The van der Waals surface area contributed by atoms with Crippen LogP contribution in [0.25, 0.3) is 0 Å². The summed E-state index contributed by atoms with van der Waals surface area (Å²) in [5, 5.41) is 3.58. The van der Waals surface area contributed by atoms with Crippen molar-refractivity contribution in [1.82, 2.24) is 20.0 Å². The van der Waals surface area contributed by atoms with Crippen molar-refractivity contribution in [1.29, 1.82) is 0 Å². The molecule has 1 N–H and O–H groups in total. The van der Waals surface area contributed by atoms with Crippen molar-refractivity contribution in [2.75, 3.05) is 79.2 Å². The molecule has 1 unspecified atom stereocenters. The Bertz CT molecular complexity index is 428. The Morgan fingerprint density at radius 2 is 1.88 bits per heavy atom. The third-order valence-corrected chi connectivity index (χ3v) is 6.23. The van der Waals surface area contributed by atoms with E-state index in [4.69, 9.17) is 4.74 Å². The lowest BCUT2D eigenvalue weighted by molar-refractivity contribution is 0.136. The van der Waals surface area contributed by atoms with E-state index in [2.05, 4.69) is 31.9 Å². The number of piperazine rings is 1. The van der Waals surface area contributed by atoms with Crippen molar-refractivity contribution in [3.8, 4) is 0 Å². The predicted molar refractivity (Wildman–Crippen MR) is 103 cm³/mol. The second-order valence-corrected chi connectivity index (χ2v) is 7.93. The summed E-state index contributed by atoms with van der Waals surface area (Å²) in [5.74, 6) is 1.08. The minimum absolute atomic E-state index is 0.401. The average Bonchev–Trinajstić information content (AvgIpc) is 3.29. The largest absolute Gasteiger partial charge is 0.381 e. The van der Waals surface area contributed by atoms with Crippen molar-refractivity contribution in [3.63, 3.8) is 0 Å². The fourth-order valence-corrected chi connectivity index (χ4v) is 4.41. The standard InChI is InChI=1S/C19H37N5O/c1-3-22-11-13-23(14-12-22)9-5-4-8-21-18(20-2)24-10-6-19(16-24)7-15-25-17-19/h3-17H2,1-2H3,(H,20,21). The maximum Gasteiger partial charge on any atom is 0.193 e. The highest BCUT2D eigenvalue weighted by molar-refractivity contribution is 5.80. The van der Waals surface area contributed by atoms with Crippen LogP contribution >= 0.6 is 0 Å². The molecule has 0 aromatic rings. The van der Waals surface area contributed by atoms with Crippen molar-refractivity contribution < 1.29 is 4.74 Å². The third-order valence-electron chi connectivity index (χ3n) is 6.23. The first-order valence-corrected chi connectivity index (χ1v) is 10.2. The van der Waals surface area contributed by atoms with Gasteiger partial charge in [0.2, 0.25) is 0 Å². The molecule has 6 nitrogen and oxygen atoms in total. The van der Waals surface area contributed by atoms with E-state index >= 15 is 0 Å². The zero-order valence-corrected chi connectivity index (χ0v) is 16.3. The van der Waals surface area contributed by atoms with Gasteiger partial charge in [-0.25, -0.2) is 0 Å². The number of nitrogens with zero attached hydrogens (tertiary/aromatic N) is 4. The van der Waals surface area contributed by atoms with Gasteiger partial charge in [-0.05, 0) is 38.8 Å². The molecule has 144 valence electrons. The van der Waals surface area contributed by atoms with Crippen LogP contribution in [0.1, 0.15) is 32.6 Å². The highest BCUT2D eigenvalue weighted by Crippen LogP contribution is 2.38. The number of likely N-dealkylation sites (tertiary alicyclic amines) is 1. The van der Waals surface area contributed by atoms with Gasteiger partial charge in [0.05, 0.1) is 6.61 Å². The summed E-state index contributed by atoms with van der Waals surface area (Å²) in [6.45, 7) is 14.8. The molecule has 0 bridgehead atoms. The normalized spacial score (nSPS) is 29.0. The van der Waals surface area contributed by atoms with Crippen LogP contribution in [0.5, 0.6) is 0 Å². The molecule has 25 heavy (non-hydrogen) atoms. The lowest BCUT2D eigenvalue weighted by Gasteiger charge is -2.34. The number of unbranched alkanes of at least 4 members (excludes halogenated alkanes) is 1. The first-order valence-electron chi connectivity index (χ1n) is 10.2. The molecule has 0 radical (unpaired) electrons. The van der Waals surface area contributed by atoms with Crippen LogP contribution in [-0.4, -0.2) is 99.8 Å². The molecule has 3 aliphatic heterocycles. The van der Waals surface area contributed by atoms with E-state index in [1.165, 1.54) is 65.0 Å². The van der Waals surface area contributed by atoms with Crippen molar-refractivity contribution in [3.05, 3.63) is 0 Å². The van der Waals surface area contributed by atoms with E-state index in [0.29, 0.717) is 5.41 Å². The van der Waals surface area contributed by atoms with Gasteiger partial charge < -0.3 is 24.8 Å². The van der Waals surface area contributed by atoms with Gasteiger partial charge in [-0.3, -0.25) is 4.99 Å². The maximum atomic E-state index is 5.63. The Morgan fingerprint density at radius 3 is 2.56 bits per heavy atom. The molecule has 3 heterocycles. The molecular formula is C19H37N5O. The van der Waals surface area contributed by atoms with Crippen LogP contribution in [0.4, 0.5) is 0 Å². The summed E-state index contributed by atoms with van der Waals surface area (Å²) >= 11 is 0. The van der Waals surface area contributed by atoms with Gasteiger partial charge in [0.25, 0.3) is 0 Å². The SMILES string of the molecule is CCN1CCN(CCCCNC(=NC)N2CCC3(CCOC3)C2)CC1. The average molecular weight is 352 g/mol. The first kappa shape index (κ1) is 18.9. The molecule has 0 amide bonds. The molecule has 0 aromatic heterocycles. The lowest BCUT2D eigenvalue weighted by atomic mass is 9.87. The zero-order chi connectivity index (χ0) is 17.5. The second-order valence-electron chi connectivity index (χ2n) is 7.93.